The maximum atomic E-state index is 6.98. The fourth-order valence-electron chi connectivity index (χ4n) is 0.819. The Kier molecular flexibility index (Phi) is 10.6. The Balaban J connectivity index is 0. The molecule has 80 valence electrons. The molecular formula is C12H22N2. The van der Waals surface area contributed by atoms with Crippen molar-refractivity contribution in [3.63, 3.8) is 0 Å². The predicted octanol–water partition coefficient (Wildman–Crippen LogP) is 3.63. The van der Waals surface area contributed by atoms with Crippen molar-refractivity contribution in [3.8, 4) is 0 Å². The van der Waals surface area contributed by atoms with E-state index in [0.29, 0.717) is 5.69 Å². The van der Waals surface area contributed by atoms with Gasteiger partial charge < -0.3 is 11.1 Å². The summed E-state index contributed by atoms with van der Waals surface area (Å²) in [6.07, 6.45) is 1.27. The van der Waals surface area contributed by atoms with Crippen molar-refractivity contribution >= 4 is 11.9 Å². The molecule has 3 N–H and O–H groups in total. The molecule has 1 rings (SSSR count). The van der Waals surface area contributed by atoms with Crippen molar-refractivity contribution in [2.45, 2.75) is 34.6 Å². The zero-order chi connectivity index (χ0) is 11.6. The third kappa shape index (κ3) is 5.36. The van der Waals surface area contributed by atoms with E-state index in [9.17, 15) is 0 Å². The minimum atomic E-state index is 0.667. The van der Waals surface area contributed by atoms with Crippen LogP contribution in [0.15, 0.2) is 18.2 Å². The minimum absolute atomic E-state index is 0.667. The van der Waals surface area contributed by atoms with E-state index < -0.39 is 0 Å². The lowest BCUT2D eigenvalue weighted by Crippen LogP contribution is -1.92. The van der Waals surface area contributed by atoms with Crippen LogP contribution in [0, 0.1) is 12.3 Å². The number of hydrogen-bond acceptors (Lipinski definition) is 2. The van der Waals surface area contributed by atoms with E-state index in [-0.39, 0.29) is 0 Å². The van der Waals surface area contributed by atoms with Gasteiger partial charge in [-0.1, -0.05) is 39.3 Å². The molecule has 0 fully saturated rings. The van der Waals surface area contributed by atoms with Crippen LogP contribution in [0.2, 0.25) is 0 Å². The summed E-state index contributed by atoms with van der Waals surface area (Å²) in [5, 5.41) is 6.98. The summed E-state index contributed by atoms with van der Waals surface area (Å²) in [5.74, 6) is 0. The molecule has 0 amide bonds. The van der Waals surface area contributed by atoms with Crippen LogP contribution in [0.25, 0.3) is 0 Å². The van der Waals surface area contributed by atoms with Crippen molar-refractivity contribution in [2.24, 2.45) is 0 Å². The van der Waals surface area contributed by atoms with Crippen LogP contribution in [-0.2, 0) is 0 Å². The molecule has 0 saturated heterocycles. The van der Waals surface area contributed by atoms with Crippen LogP contribution < -0.4 is 5.73 Å². The Bertz CT molecular complexity index is 254. The van der Waals surface area contributed by atoms with Gasteiger partial charge in [-0.15, -0.1) is 0 Å². The second-order valence-corrected chi connectivity index (χ2v) is 2.28. The summed E-state index contributed by atoms with van der Waals surface area (Å²) in [6.45, 7) is 9.98. The van der Waals surface area contributed by atoms with Gasteiger partial charge in [-0.2, -0.15) is 0 Å². The van der Waals surface area contributed by atoms with E-state index in [2.05, 4.69) is 0 Å². The molecule has 0 saturated carbocycles. The highest BCUT2D eigenvalue weighted by atomic mass is 14.6. The summed E-state index contributed by atoms with van der Waals surface area (Å²) < 4.78 is 0. The van der Waals surface area contributed by atoms with Gasteiger partial charge in [0.15, 0.2) is 0 Å². The zero-order valence-electron chi connectivity index (χ0n) is 9.89. The first-order valence-corrected chi connectivity index (χ1v) is 5.10. The Hall–Kier alpha value is -1.31. The third-order valence-electron chi connectivity index (χ3n) is 1.40. The molecule has 2 heteroatoms. The summed E-state index contributed by atoms with van der Waals surface area (Å²) >= 11 is 0. The number of hydrogen-bond donors (Lipinski definition) is 2. The van der Waals surface area contributed by atoms with Gasteiger partial charge >= 0.3 is 0 Å². The Morgan fingerprint density at radius 3 is 2.00 bits per heavy atom. The van der Waals surface area contributed by atoms with E-state index >= 15 is 0 Å². The lowest BCUT2D eigenvalue weighted by Gasteiger charge is -1.98. The average Bonchev–Trinajstić information content (AvgIpc) is 2.27. The van der Waals surface area contributed by atoms with Crippen molar-refractivity contribution in [3.05, 3.63) is 29.3 Å². The molecule has 0 aromatic heterocycles. The minimum Gasteiger partial charge on any atom is -0.398 e. The first-order valence-electron chi connectivity index (χ1n) is 5.10. The highest BCUT2D eigenvalue weighted by molar-refractivity contribution is 5.84. The molecule has 0 heterocycles. The highest BCUT2D eigenvalue weighted by Crippen LogP contribution is 2.10. The van der Waals surface area contributed by atoms with Gasteiger partial charge in [-0.25, -0.2) is 0 Å². The summed E-state index contributed by atoms with van der Waals surface area (Å²) in [4.78, 5) is 0. The van der Waals surface area contributed by atoms with Crippen molar-refractivity contribution in [1.82, 2.24) is 0 Å². The van der Waals surface area contributed by atoms with Crippen LogP contribution in [0.3, 0.4) is 0 Å². The normalized spacial score (nSPS) is 7.50. The number of nitrogens with one attached hydrogen (secondary N) is 1. The molecule has 1 aromatic carbocycles. The van der Waals surface area contributed by atoms with E-state index in [1.807, 2.05) is 52.8 Å². The fraction of sp³-hybridized carbons (Fsp3) is 0.417. The highest BCUT2D eigenvalue weighted by Gasteiger charge is 1.93. The number of aryl methyl sites for hydroxylation is 1. The molecule has 1 aromatic rings. The topological polar surface area (TPSA) is 49.9 Å². The molecular weight excluding hydrogens is 172 g/mol. The van der Waals surface area contributed by atoms with Gasteiger partial charge in [0.25, 0.3) is 0 Å². The van der Waals surface area contributed by atoms with Crippen LogP contribution >= 0.6 is 0 Å². The van der Waals surface area contributed by atoms with E-state index in [4.69, 9.17) is 11.1 Å². The van der Waals surface area contributed by atoms with Crippen LogP contribution in [0.5, 0.6) is 0 Å². The van der Waals surface area contributed by atoms with Gasteiger partial charge in [0, 0.05) is 17.5 Å². The van der Waals surface area contributed by atoms with Gasteiger partial charge in [0.1, 0.15) is 0 Å². The maximum Gasteiger partial charge on any atom is 0.0403 e. The largest absolute Gasteiger partial charge is 0.398 e. The van der Waals surface area contributed by atoms with Gasteiger partial charge in [-0.05, 0) is 19.1 Å². The molecule has 0 aliphatic heterocycles. The number of rotatable bonds is 1. The molecule has 2 nitrogen and oxygen atoms in total. The summed E-state index contributed by atoms with van der Waals surface area (Å²) in [5.41, 5.74) is 8.14. The lowest BCUT2D eigenvalue weighted by molar-refractivity contribution is 1.45. The smallest absolute Gasteiger partial charge is 0.0403 e. The number of anilines is 1. The van der Waals surface area contributed by atoms with Crippen molar-refractivity contribution in [1.29, 1.82) is 5.41 Å². The van der Waals surface area contributed by atoms with Crippen molar-refractivity contribution in [2.75, 3.05) is 5.73 Å². The molecule has 0 spiro atoms. The zero-order valence-corrected chi connectivity index (χ0v) is 9.89. The van der Waals surface area contributed by atoms with Crippen LogP contribution in [0.1, 0.15) is 38.8 Å². The van der Waals surface area contributed by atoms with E-state index in [1.54, 1.807) is 0 Å². The third-order valence-corrected chi connectivity index (χ3v) is 1.40. The lowest BCUT2D eigenvalue weighted by atomic mass is 10.1. The fourth-order valence-corrected chi connectivity index (χ4v) is 0.819. The Morgan fingerprint density at radius 2 is 1.64 bits per heavy atom. The summed E-state index contributed by atoms with van der Waals surface area (Å²) in [7, 11) is 0. The monoisotopic (exact) mass is 194 g/mol. The Morgan fingerprint density at radius 1 is 1.14 bits per heavy atom. The maximum absolute atomic E-state index is 6.98. The second kappa shape index (κ2) is 9.78. The number of nitrogen functional groups attached to an aromatic ring is 1. The SMILES string of the molecule is CC.CC.Cc1ccc(N)c(C=N)c1. The molecule has 0 unspecified atom stereocenters. The quantitative estimate of drug-likeness (QED) is 0.520. The molecule has 14 heavy (non-hydrogen) atoms. The standard InChI is InChI=1S/C8H10N2.2C2H6/c1-6-2-3-8(10)7(4-6)5-9;2*1-2/h2-5,9H,10H2,1H3;2*1-2H3. The first-order chi connectivity index (χ1) is 6.74. The van der Waals surface area contributed by atoms with E-state index in [0.717, 1.165) is 11.1 Å². The van der Waals surface area contributed by atoms with Gasteiger partial charge in [0.05, 0.1) is 0 Å². The first kappa shape index (κ1) is 15.2. The van der Waals surface area contributed by atoms with Gasteiger partial charge in [0.2, 0.25) is 0 Å². The van der Waals surface area contributed by atoms with E-state index in [1.165, 1.54) is 6.21 Å². The Labute approximate surface area is 87.7 Å². The molecule has 0 radical (unpaired) electrons. The van der Waals surface area contributed by atoms with Crippen LogP contribution in [-0.4, -0.2) is 6.21 Å². The van der Waals surface area contributed by atoms with Crippen molar-refractivity contribution < 1.29 is 0 Å². The average molecular weight is 194 g/mol. The second-order valence-electron chi connectivity index (χ2n) is 2.28. The number of nitrogens with two attached hydrogens (primary N) is 1. The van der Waals surface area contributed by atoms with Gasteiger partial charge in [-0.3, -0.25) is 0 Å². The molecule has 0 aliphatic carbocycles. The molecule has 0 aliphatic rings. The molecule has 0 bridgehead atoms. The number of benzene rings is 1. The predicted molar refractivity (Wildman–Crippen MR) is 66.2 cm³/mol. The molecule has 0 atom stereocenters. The summed E-state index contributed by atoms with van der Waals surface area (Å²) in [6, 6.07) is 5.64. The van der Waals surface area contributed by atoms with Crippen LogP contribution in [0.4, 0.5) is 5.69 Å².